The van der Waals surface area contributed by atoms with Crippen LogP contribution < -0.4 is 10.6 Å². The number of hydrogen-bond acceptors (Lipinski definition) is 3. The minimum atomic E-state index is -1.11. The molecular formula is C13H13ClN4O3. The summed E-state index contributed by atoms with van der Waals surface area (Å²) < 4.78 is 1.82. The molecule has 2 rings (SSSR count). The van der Waals surface area contributed by atoms with Gasteiger partial charge in [0, 0.05) is 36.2 Å². The van der Waals surface area contributed by atoms with E-state index in [1.54, 1.807) is 18.7 Å². The lowest BCUT2D eigenvalue weighted by Gasteiger charge is -2.09. The highest BCUT2D eigenvalue weighted by Gasteiger charge is 2.08. The van der Waals surface area contributed by atoms with Crippen molar-refractivity contribution in [3.8, 4) is 0 Å². The maximum absolute atomic E-state index is 11.7. The van der Waals surface area contributed by atoms with E-state index in [4.69, 9.17) is 16.7 Å². The molecule has 0 bridgehead atoms. The van der Waals surface area contributed by atoms with Gasteiger partial charge >= 0.3 is 12.0 Å². The molecule has 7 nitrogen and oxygen atoms in total. The Morgan fingerprint density at radius 1 is 1.33 bits per heavy atom. The second-order valence-electron chi connectivity index (χ2n) is 4.22. The first kappa shape index (κ1) is 14.9. The van der Waals surface area contributed by atoms with Crippen molar-refractivity contribution >= 4 is 29.3 Å². The highest BCUT2D eigenvalue weighted by molar-refractivity contribution is 6.31. The molecular weight excluding hydrogens is 296 g/mol. The van der Waals surface area contributed by atoms with Crippen molar-refractivity contribution in [3.63, 3.8) is 0 Å². The summed E-state index contributed by atoms with van der Waals surface area (Å²) >= 11 is 5.80. The normalized spacial score (nSPS) is 10.1. The Morgan fingerprint density at radius 3 is 2.81 bits per heavy atom. The van der Waals surface area contributed by atoms with Crippen molar-refractivity contribution in [3.05, 3.63) is 47.5 Å². The Hall–Kier alpha value is -2.54. The lowest BCUT2D eigenvalue weighted by Crippen LogP contribution is -2.31. The number of halogens is 1. The van der Waals surface area contributed by atoms with Gasteiger partial charge in [0.1, 0.15) is 0 Å². The van der Waals surface area contributed by atoms with Crippen LogP contribution in [0, 0.1) is 0 Å². The molecule has 2 aromatic rings. The number of imidazole rings is 1. The molecule has 0 unspecified atom stereocenters. The van der Waals surface area contributed by atoms with E-state index in [-0.39, 0.29) is 10.6 Å². The number of rotatable bonds is 5. The number of carboxylic acid groups (broad SMARTS) is 1. The summed E-state index contributed by atoms with van der Waals surface area (Å²) in [7, 11) is 0. The van der Waals surface area contributed by atoms with Crippen molar-refractivity contribution in [1.82, 2.24) is 14.9 Å². The average molecular weight is 309 g/mol. The molecule has 0 radical (unpaired) electrons. The zero-order chi connectivity index (χ0) is 15.2. The summed E-state index contributed by atoms with van der Waals surface area (Å²) in [5, 5.41) is 14.3. The van der Waals surface area contributed by atoms with Crippen LogP contribution in [-0.2, 0) is 6.54 Å². The molecule has 0 fully saturated rings. The molecule has 0 aliphatic heterocycles. The van der Waals surface area contributed by atoms with Gasteiger partial charge in [-0.3, -0.25) is 0 Å². The number of aromatic nitrogens is 2. The molecule has 8 heteroatoms. The van der Waals surface area contributed by atoms with E-state index in [2.05, 4.69) is 15.6 Å². The number of amides is 2. The summed E-state index contributed by atoms with van der Waals surface area (Å²) in [5.74, 6) is -1.11. The molecule has 110 valence electrons. The molecule has 3 N–H and O–H groups in total. The number of carbonyl (C=O) groups excluding carboxylic acids is 1. The Kier molecular flexibility index (Phi) is 4.78. The lowest BCUT2D eigenvalue weighted by molar-refractivity contribution is 0.0697. The maximum atomic E-state index is 11.7. The molecule has 1 aromatic carbocycles. The molecule has 2 amide bonds. The fraction of sp³-hybridized carbons (Fsp3) is 0.154. The Morgan fingerprint density at radius 2 is 2.14 bits per heavy atom. The van der Waals surface area contributed by atoms with Crippen LogP contribution in [0.5, 0.6) is 0 Å². The molecule has 21 heavy (non-hydrogen) atoms. The number of carbonyl (C=O) groups is 2. The zero-order valence-corrected chi connectivity index (χ0v) is 11.7. The van der Waals surface area contributed by atoms with E-state index in [0.717, 1.165) is 0 Å². The number of hydrogen-bond donors (Lipinski definition) is 3. The maximum Gasteiger partial charge on any atom is 0.335 e. The topological polar surface area (TPSA) is 96.3 Å². The van der Waals surface area contributed by atoms with Crippen LogP contribution in [0.1, 0.15) is 10.4 Å². The number of benzene rings is 1. The van der Waals surface area contributed by atoms with Gasteiger partial charge in [-0.1, -0.05) is 11.6 Å². The number of urea groups is 1. The number of anilines is 1. The second-order valence-corrected chi connectivity index (χ2v) is 4.65. The Bertz CT molecular complexity index is 643. The number of aromatic carboxylic acids is 1. The smallest absolute Gasteiger partial charge is 0.335 e. The van der Waals surface area contributed by atoms with Crippen LogP contribution in [-0.4, -0.2) is 33.2 Å². The van der Waals surface area contributed by atoms with Crippen molar-refractivity contribution in [2.24, 2.45) is 0 Å². The third-order valence-electron chi connectivity index (χ3n) is 2.62. The van der Waals surface area contributed by atoms with E-state index in [1.165, 1.54) is 18.2 Å². The number of carboxylic acids is 1. The third-order valence-corrected chi connectivity index (χ3v) is 2.84. The molecule has 0 aliphatic carbocycles. The first-order valence-corrected chi connectivity index (χ1v) is 6.47. The summed E-state index contributed by atoms with van der Waals surface area (Å²) in [6, 6.07) is 3.69. The highest BCUT2D eigenvalue weighted by Crippen LogP contribution is 2.19. The van der Waals surface area contributed by atoms with Crippen LogP contribution >= 0.6 is 11.6 Å². The van der Waals surface area contributed by atoms with Gasteiger partial charge in [-0.2, -0.15) is 0 Å². The quantitative estimate of drug-likeness (QED) is 0.787. The molecule has 0 aliphatic rings. The fourth-order valence-electron chi connectivity index (χ4n) is 1.68. The van der Waals surface area contributed by atoms with Gasteiger partial charge in [0.15, 0.2) is 0 Å². The Balaban J connectivity index is 1.88. The minimum absolute atomic E-state index is 0.0104. The van der Waals surface area contributed by atoms with Gasteiger partial charge in [-0.15, -0.1) is 0 Å². The van der Waals surface area contributed by atoms with Gasteiger partial charge in [-0.25, -0.2) is 14.6 Å². The van der Waals surface area contributed by atoms with Crippen LogP contribution in [0.2, 0.25) is 5.02 Å². The van der Waals surface area contributed by atoms with Crippen molar-refractivity contribution < 1.29 is 14.7 Å². The van der Waals surface area contributed by atoms with E-state index in [1.807, 2.05) is 4.57 Å². The van der Waals surface area contributed by atoms with E-state index in [0.29, 0.717) is 18.8 Å². The number of nitrogens with zero attached hydrogens (tertiary/aromatic N) is 2. The minimum Gasteiger partial charge on any atom is -0.478 e. The van der Waals surface area contributed by atoms with Gasteiger partial charge in [0.2, 0.25) is 0 Å². The highest BCUT2D eigenvalue weighted by atomic mass is 35.5. The first-order valence-electron chi connectivity index (χ1n) is 6.09. The van der Waals surface area contributed by atoms with E-state index >= 15 is 0 Å². The van der Waals surface area contributed by atoms with Gasteiger partial charge < -0.3 is 20.3 Å². The first-order chi connectivity index (χ1) is 10.0. The third kappa shape index (κ3) is 4.50. The molecule has 0 saturated carbocycles. The molecule has 0 spiro atoms. The number of nitrogens with one attached hydrogen (secondary N) is 2. The van der Waals surface area contributed by atoms with E-state index in [9.17, 15) is 9.59 Å². The van der Waals surface area contributed by atoms with E-state index < -0.39 is 12.0 Å². The largest absolute Gasteiger partial charge is 0.478 e. The second kappa shape index (κ2) is 6.76. The molecule has 0 atom stereocenters. The Labute approximate surface area is 125 Å². The average Bonchev–Trinajstić information content (AvgIpc) is 2.91. The van der Waals surface area contributed by atoms with Gasteiger partial charge in [-0.05, 0) is 18.2 Å². The standard InChI is InChI=1S/C13H13ClN4O3/c14-10-5-9(12(19)20)6-11(7-10)17-13(21)16-2-4-18-3-1-15-8-18/h1,3,5-8H,2,4H2,(H,19,20)(H2,16,17,21). The predicted octanol–water partition coefficient (Wildman–Crippen LogP) is 2.06. The predicted molar refractivity (Wildman–Crippen MR) is 77.7 cm³/mol. The van der Waals surface area contributed by atoms with Crippen LogP contribution in [0.4, 0.5) is 10.5 Å². The fourth-order valence-corrected chi connectivity index (χ4v) is 1.91. The van der Waals surface area contributed by atoms with Crippen molar-refractivity contribution in [2.45, 2.75) is 6.54 Å². The van der Waals surface area contributed by atoms with Gasteiger partial charge in [0.05, 0.1) is 11.9 Å². The zero-order valence-electron chi connectivity index (χ0n) is 10.9. The van der Waals surface area contributed by atoms with Crippen molar-refractivity contribution in [1.29, 1.82) is 0 Å². The lowest BCUT2D eigenvalue weighted by atomic mass is 10.2. The van der Waals surface area contributed by atoms with Crippen LogP contribution in [0.15, 0.2) is 36.9 Å². The summed E-state index contributed by atoms with van der Waals surface area (Å²) in [6.07, 6.45) is 5.09. The summed E-state index contributed by atoms with van der Waals surface area (Å²) in [4.78, 5) is 26.5. The molecule has 0 saturated heterocycles. The monoisotopic (exact) mass is 308 g/mol. The van der Waals surface area contributed by atoms with Gasteiger partial charge in [0.25, 0.3) is 0 Å². The van der Waals surface area contributed by atoms with Crippen molar-refractivity contribution in [2.75, 3.05) is 11.9 Å². The summed E-state index contributed by atoms with van der Waals surface area (Å²) in [5.41, 5.74) is 0.330. The van der Waals surface area contributed by atoms with Crippen LogP contribution in [0.3, 0.4) is 0 Å². The van der Waals surface area contributed by atoms with Crippen LogP contribution in [0.25, 0.3) is 0 Å². The summed E-state index contributed by atoms with van der Waals surface area (Å²) in [6.45, 7) is 0.998. The molecule has 1 heterocycles. The SMILES string of the molecule is O=C(NCCn1ccnc1)Nc1cc(Cl)cc(C(=O)O)c1. The molecule has 1 aromatic heterocycles.